The fraction of sp³-hybridized carbons (Fsp3) is 0. The molecule has 0 bridgehead atoms. The summed E-state index contributed by atoms with van der Waals surface area (Å²) in [5.41, 5.74) is 2.96. The number of para-hydroxylation sites is 2. The van der Waals surface area contributed by atoms with Crippen LogP contribution in [0.15, 0.2) is 72.8 Å². The predicted molar refractivity (Wildman–Crippen MR) is 104 cm³/mol. The molecule has 136 valence electrons. The number of nitro benzene ring substituents is 2. The van der Waals surface area contributed by atoms with Crippen molar-refractivity contribution in [2.75, 3.05) is 0 Å². The maximum atomic E-state index is 11.2. The van der Waals surface area contributed by atoms with Gasteiger partial charge in [-0.25, -0.2) is 9.97 Å². The summed E-state index contributed by atoms with van der Waals surface area (Å²) in [7, 11) is 0. The van der Waals surface area contributed by atoms with Crippen molar-refractivity contribution >= 4 is 22.4 Å². The number of aromatic nitrogens is 2. The molecular weight excluding hydrogens is 360 g/mol. The average molecular weight is 372 g/mol. The van der Waals surface area contributed by atoms with Gasteiger partial charge >= 0.3 is 0 Å². The highest BCUT2D eigenvalue weighted by Crippen LogP contribution is 2.33. The first-order valence-electron chi connectivity index (χ1n) is 8.29. The molecule has 0 N–H and O–H groups in total. The summed E-state index contributed by atoms with van der Waals surface area (Å²) in [5.74, 6) is 0. The van der Waals surface area contributed by atoms with Crippen LogP contribution in [-0.2, 0) is 0 Å². The van der Waals surface area contributed by atoms with Gasteiger partial charge < -0.3 is 0 Å². The molecule has 0 saturated carbocycles. The maximum absolute atomic E-state index is 11.2. The third-order valence-corrected chi connectivity index (χ3v) is 4.23. The monoisotopic (exact) mass is 372 g/mol. The number of hydrogen-bond donors (Lipinski definition) is 0. The molecule has 1 aromatic heterocycles. The average Bonchev–Trinajstić information content (AvgIpc) is 2.73. The van der Waals surface area contributed by atoms with E-state index in [0.717, 1.165) is 0 Å². The van der Waals surface area contributed by atoms with Crippen LogP contribution >= 0.6 is 0 Å². The summed E-state index contributed by atoms with van der Waals surface area (Å²) in [6.07, 6.45) is 0. The van der Waals surface area contributed by atoms with Gasteiger partial charge in [0.2, 0.25) is 0 Å². The largest absolute Gasteiger partial charge is 0.270 e. The number of nitro groups is 2. The smallest absolute Gasteiger partial charge is 0.258 e. The number of benzene rings is 3. The minimum Gasteiger partial charge on any atom is -0.258 e. The Morgan fingerprint density at radius 2 is 1.04 bits per heavy atom. The number of non-ortho nitro benzene ring substituents is 2. The van der Waals surface area contributed by atoms with Gasteiger partial charge in [-0.2, -0.15) is 0 Å². The van der Waals surface area contributed by atoms with Crippen molar-refractivity contribution in [1.82, 2.24) is 9.97 Å². The van der Waals surface area contributed by atoms with E-state index in [2.05, 4.69) is 9.97 Å². The van der Waals surface area contributed by atoms with Crippen LogP contribution in [0.5, 0.6) is 0 Å². The van der Waals surface area contributed by atoms with Crippen LogP contribution in [0, 0.1) is 20.2 Å². The first kappa shape index (κ1) is 17.2. The Balaban J connectivity index is 2.01. The predicted octanol–water partition coefficient (Wildman–Crippen LogP) is 4.78. The number of fused-ring (bicyclic) bond motifs is 1. The maximum Gasteiger partial charge on any atom is 0.270 e. The van der Waals surface area contributed by atoms with Crippen LogP contribution in [0.25, 0.3) is 33.5 Å². The van der Waals surface area contributed by atoms with Crippen LogP contribution in [0.3, 0.4) is 0 Å². The molecule has 0 fully saturated rings. The molecule has 3 aromatic carbocycles. The molecule has 0 aliphatic rings. The number of nitrogens with zero attached hydrogens (tertiary/aromatic N) is 4. The molecule has 0 amide bonds. The van der Waals surface area contributed by atoms with Crippen LogP contribution in [0.1, 0.15) is 0 Å². The fourth-order valence-corrected chi connectivity index (χ4v) is 2.94. The minimum absolute atomic E-state index is 0.0718. The van der Waals surface area contributed by atoms with E-state index < -0.39 is 9.85 Å². The van der Waals surface area contributed by atoms with Crippen molar-refractivity contribution < 1.29 is 9.85 Å². The standard InChI is InChI=1S/C20H12N4O4/c25-23(26)15-7-3-5-13(11-15)19-20(14-6-4-8-16(12-14)24(27)28)22-18-10-2-1-9-17(18)21-19/h1-12H. The lowest BCUT2D eigenvalue weighted by molar-refractivity contribution is -0.385. The number of hydrogen-bond acceptors (Lipinski definition) is 6. The molecule has 4 rings (SSSR count). The molecule has 1 heterocycles. The van der Waals surface area contributed by atoms with E-state index in [4.69, 9.17) is 0 Å². The highest BCUT2D eigenvalue weighted by molar-refractivity contribution is 5.86. The molecule has 0 radical (unpaired) electrons. The first-order valence-corrected chi connectivity index (χ1v) is 8.29. The van der Waals surface area contributed by atoms with Gasteiger partial charge in [0, 0.05) is 35.4 Å². The summed E-state index contributed by atoms with van der Waals surface area (Å²) < 4.78 is 0. The van der Waals surface area contributed by atoms with Gasteiger partial charge in [-0.05, 0) is 12.1 Å². The van der Waals surface area contributed by atoms with Crippen molar-refractivity contribution in [2.45, 2.75) is 0 Å². The van der Waals surface area contributed by atoms with Crippen LogP contribution in [-0.4, -0.2) is 19.8 Å². The second kappa shape index (κ2) is 6.84. The van der Waals surface area contributed by atoms with Gasteiger partial charge in [0.25, 0.3) is 11.4 Å². The van der Waals surface area contributed by atoms with Gasteiger partial charge in [-0.15, -0.1) is 0 Å². The lowest BCUT2D eigenvalue weighted by atomic mass is 10.0. The summed E-state index contributed by atoms with van der Waals surface area (Å²) in [6, 6.07) is 19.4. The summed E-state index contributed by atoms with van der Waals surface area (Å²) in [4.78, 5) is 30.7. The van der Waals surface area contributed by atoms with Gasteiger partial charge in [-0.1, -0.05) is 36.4 Å². The Morgan fingerprint density at radius 3 is 1.43 bits per heavy atom. The van der Waals surface area contributed by atoms with E-state index in [1.54, 1.807) is 36.4 Å². The Bertz CT molecular complexity index is 1140. The normalized spacial score (nSPS) is 10.7. The van der Waals surface area contributed by atoms with Gasteiger partial charge in [-0.3, -0.25) is 20.2 Å². The van der Waals surface area contributed by atoms with Gasteiger partial charge in [0.15, 0.2) is 0 Å². The second-order valence-corrected chi connectivity index (χ2v) is 6.02. The van der Waals surface area contributed by atoms with E-state index in [9.17, 15) is 20.2 Å². The topological polar surface area (TPSA) is 112 Å². The van der Waals surface area contributed by atoms with E-state index in [1.165, 1.54) is 24.3 Å². The highest BCUT2D eigenvalue weighted by atomic mass is 16.6. The Hall–Kier alpha value is -4.20. The lowest BCUT2D eigenvalue weighted by Gasteiger charge is -2.10. The van der Waals surface area contributed by atoms with Crippen molar-refractivity contribution in [3.63, 3.8) is 0 Å². The van der Waals surface area contributed by atoms with Gasteiger partial charge in [0.05, 0.1) is 32.3 Å². The quantitative estimate of drug-likeness (QED) is 0.376. The number of rotatable bonds is 4. The molecule has 0 unspecified atom stereocenters. The molecule has 28 heavy (non-hydrogen) atoms. The third-order valence-electron chi connectivity index (χ3n) is 4.23. The molecule has 0 saturated heterocycles. The molecular formula is C20H12N4O4. The van der Waals surface area contributed by atoms with Crippen molar-refractivity contribution in [1.29, 1.82) is 0 Å². The molecule has 0 atom stereocenters. The lowest BCUT2D eigenvalue weighted by Crippen LogP contribution is -1.97. The minimum atomic E-state index is -0.481. The van der Waals surface area contributed by atoms with Gasteiger partial charge in [0.1, 0.15) is 0 Å². The van der Waals surface area contributed by atoms with E-state index in [-0.39, 0.29) is 11.4 Å². The molecule has 0 spiro atoms. The third kappa shape index (κ3) is 3.14. The van der Waals surface area contributed by atoms with Crippen molar-refractivity contribution in [3.8, 4) is 22.5 Å². The summed E-state index contributed by atoms with van der Waals surface area (Å²) >= 11 is 0. The zero-order chi connectivity index (χ0) is 19.7. The fourth-order valence-electron chi connectivity index (χ4n) is 2.94. The molecule has 8 nitrogen and oxygen atoms in total. The molecule has 0 aliphatic carbocycles. The first-order chi connectivity index (χ1) is 13.5. The van der Waals surface area contributed by atoms with Crippen molar-refractivity contribution in [3.05, 3.63) is 93.0 Å². The highest BCUT2D eigenvalue weighted by Gasteiger charge is 2.17. The van der Waals surface area contributed by atoms with Crippen LogP contribution in [0.4, 0.5) is 11.4 Å². The van der Waals surface area contributed by atoms with Crippen molar-refractivity contribution in [2.24, 2.45) is 0 Å². The van der Waals surface area contributed by atoms with Crippen LogP contribution in [0.2, 0.25) is 0 Å². The zero-order valence-corrected chi connectivity index (χ0v) is 14.4. The summed E-state index contributed by atoms with van der Waals surface area (Å²) in [5, 5.41) is 22.3. The Morgan fingerprint density at radius 1 is 0.607 bits per heavy atom. The SMILES string of the molecule is O=[N+]([O-])c1cccc(-c2nc3ccccc3nc2-c2cccc([N+](=O)[O-])c2)c1. The van der Waals surface area contributed by atoms with Crippen LogP contribution < -0.4 is 0 Å². The van der Waals surface area contributed by atoms with E-state index in [0.29, 0.717) is 33.5 Å². The van der Waals surface area contributed by atoms with E-state index >= 15 is 0 Å². The Labute approximate surface area is 158 Å². The molecule has 8 heteroatoms. The molecule has 4 aromatic rings. The zero-order valence-electron chi connectivity index (χ0n) is 14.4. The van der Waals surface area contributed by atoms with E-state index in [1.807, 2.05) is 12.1 Å². The summed E-state index contributed by atoms with van der Waals surface area (Å²) in [6.45, 7) is 0. The molecule has 0 aliphatic heterocycles. The second-order valence-electron chi connectivity index (χ2n) is 6.02. The Kier molecular flexibility index (Phi) is 4.21.